The topological polar surface area (TPSA) is 96.5 Å². The van der Waals surface area contributed by atoms with Crippen molar-refractivity contribution in [3.63, 3.8) is 0 Å². The molecule has 1 saturated heterocycles. The van der Waals surface area contributed by atoms with Crippen LogP contribution < -0.4 is 4.90 Å². The van der Waals surface area contributed by atoms with Crippen LogP contribution in [0.25, 0.3) is 22.3 Å². The van der Waals surface area contributed by atoms with Gasteiger partial charge < -0.3 is 20.5 Å². The molecule has 2 aromatic heterocycles. The summed E-state index contributed by atoms with van der Waals surface area (Å²) in [6.45, 7) is 3.58. The van der Waals surface area contributed by atoms with Gasteiger partial charge in [0.2, 0.25) is 0 Å². The van der Waals surface area contributed by atoms with Crippen molar-refractivity contribution < 1.29 is 10.6 Å². The third kappa shape index (κ3) is 3.76. The van der Waals surface area contributed by atoms with Crippen LogP contribution in [0.3, 0.4) is 0 Å². The number of aryl methyl sites for hydroxylation is 1. The fourth-order valence-corrected chi connectivity index (χ4v) is 3.19. The van der Waals surface area contributed by atoms with Crippen LogP contribution >= 0.6 is 12.4 Å². The minimum absolute atomic E-state index is 0. The van der Waals surface area contributed by atoms with Gasteiger partial charge in [-0.15, -0.1) is 12.4 Å². The highest BCUT2D eigenvalue weighted by molar-refractivity contribution is 5.90. The number of H-pyrrole nitrogens is 1. The fraction of sp³-hybridized carbons (Fsp3) is 0.333. The number of aliphatic hydroxyl groups excluding tert-OH is 1. The van der Waals surface area contributed by atoms with E-state index in [4.69, 9.17) is 0 Å². The normalized spacial score (nSPS) is 14.9. The van der Waals surface area contributed by atoms with Gasteiger partial charge in [0, 0.05) is 18.8 Å². The van der Waals surface area contributed by atoms with Crippen LogP contribution in [0.2, 0.25) is 0 Å². The predicted molar refractivity (Wildman–Crippen MR) is 102 cm³/mol. The molecule has 25 heavy (non-hydrogen) atoms. The molecule has 0 bridgehead atoms. The molecule has 1 aromatic carbocycles. The van der Waals surface area contributed by atoms with Gasteiger partial charge in [0.25, 0.3) is 0 Å². The van der Waals surface area contributed by atoms with Crippen LogP contribution in [0, 0.1) is 6.92 Å². The van der Waals surface area contributed by atoms with Gasteiger partial charge in [-0.25, -0.2) is 9.97 Å². The Morgan fingerprint density at radius 2 is 1.80 bits per heavy atom. The molecule has 1 fully saturated rings. The zero-order chi connectivity index (χ0) is 15.8. The maximum absolute atomic E-state index is 9.73. The summed E-state index contributed by atoms with van der Waals surface area (Å²) in [5.41, 5.74) is 4.12. The number of hydrogen-bond donors (Lipinski definition) is 2. The number of nitrogens with zero attached hydrogens (tertiary/aromatic N) is 3. The van der Waals surface area contributed by atoms with Gasteiger partial charge in [-0.2, -0.15) is 0 Å². The van der Waals surface area contributed by atoms with E-state index >= 15 is 0 Å². The molecular formula is C18H23ClN4O2. The molecule has 0 amide bonds. The summed E-state index contributed by atoms with van der Waals surface area (Å²) in [6, 6.07) is 12.3. The summed E-state index contributed by atoms with van der Waals surface area (Å²) < 4.78 is 0. The average molecular weight is 363 g/mol. The zero-order valence-electron chi connectivity index (χ0n) is 14.1. The highest BCUT2D eigenvalue weighted by Gasteiger charge is 2.21. The van der Waals surface area contributed by atoms with E-state index < -0.39 is 0 Å². The second-order valence-corrected chi connectivity index (χ2v) is 6.12. The molecule has 4 rings (SSSR count). The molecule has 7 heteroatoms. The molecule has 0 unspecified atom stereocenters. The number of fused-ring (bicyclic) bond motifs is 1. The first-order valence-corrected chi connectivity index (χ1v) is 8.06. The summed E-state index contributed by atoms with van der Waals surface area (Å²) in [5.74, 6) is 1.72. The molecule has 4 N–H and O–H groups in total. The number of anilines is 1. The van der Waals surface area contributed by atoms with Gasteiger partial charge in [-0.1, -0.05) is 30.3 Å². The molecule has 0 saturated carbocycles. The Kier molecular flexibility index (Phi) is 6.00. The highest BCUT2D eigenvalue weighted by atomic mass is 35.5. The first-order chi connectivity index (χ1) is 11.2. The maximum atomic E-state index is 9.73. The summed E-state index contributed by atoms with van der Waals surface area (Å²) in [5, 5.41) is 9.73. The molecule has 0 aliphatic carbocycles. The summed E-state index contributed by atoms with van der Waals surface area (Å²) in [4.78, 5) is 15.0. The molecule has 3 heterocycles. The predicted octanol–water partition coefficient (Wildman–Crippen LogP) is 2.49. The fourth-order valence-electron chi connectivity index (χ4n) is 3.19. The van der Waals surface area contributed by atoms with E-state index in [1.54, 1.807) is 0 Å². The van der Waals surface area contributed by atoms with Gasteiger partial charge in [0.15, 0.2) is 5.82 Å². The van der Waals surface area contributed by atoms with Gasteiger partial charge in [0.05, 0.1) is 11.6 Å². The first kappa shape index (κ1) is 19.2. The minimum atomic E-state index is -0.187. The molecule has 6 nitrogen and oxygen atoms in total. The molecule has 0 radical (unpaired) electrons. The number of hydrogen-bond acceptors (Lipinski definition) is 4. The first-order valence-electron chi connectivity index (χ1n) is 8.06. The largest absolute Gasteiger partial charge is 0.412 e. The maximum Gasteiger partial charge on any atom is 0.156 e. The smallest absolute Gasteiger partial charge is 0.156 e. The number of piperidine rings is 1. The Morgan fingerprint density at radius 1 is 1.12 bits per heavy atom. The van der Waals surface area contributed by atoms with Crippen molar-refractivity contribution in [3.05, 3.63) is 42.2 Å². The lowest BCUT2D eigenvalue weighted by Crippen LogP contribution is -2.36. The monoisotopic (exact) mass is 362 g/mol. The van der Waals surface area contributed by atoms with E-state index in [-0.39, 0.29) is 24.0 Å². The van der Waals surface area contributed by atoms with E-state index in [9.17, 15) is 5.11 Å². The standard InChI is InChI=1S/C18H20N4O.ClH.H2O/c1-12-19-16-11-15(13-5-3-2-4-6-13)21-17(16)18(20-12)22-9-7-14(23)8-10-22;;/h2-6,11,14,21,23H,7-10H2,1H3;1H;1H2. The highest BCUT2D eigenvalue weighted by Crippen LogP contribution is 2.30. The van der Waals surface area contributed by atoms with Crippen LogP contribution in [-0.4, -0.2) is 44.7 Å². The van der Waals surface area contributed by atoms with Gasteiger partial charge in [0.1, 0.15) is 11.3 Å². The van der Waals surface area contributed by atoms with Crippen molar-refractivity contribution in [2.75, 3.05) is 18.0 Å². The van der Waals surface area contributed by atoms with Crippen molar-refractivity contribution in [2.45, 2.75) is 25.9 Å². The van der Waals surface area contributed by atoms with Crippen LogP contribution in [0.5, 0.6) is 0 Å². The Morgan fingerprint density at radius 3 is 2.48 bits per heavy atom. The molecular weight excluding hydrogens is 340 g/mol. The lowest BCUT2D eigenvalue weighted by Gasteiger charge is -2.30. The Labute approximate surface area is 152 Å². The number of halogens is 1. The van der Waals surface area contributed by atoms with Gasteiger partial charge >= 0.3 is 0 Å². The molecule has 1 aliphatic heterocycles. The van der Waals surface area contributed by atoms with Crippen molar-refractivity contribution in [1.82, 2.24) is 15.0 Å². The summed E-state index contributed by atoms with van der Waals surface area (Å²) >= 11 is 0. The lowest BCUT2D eigenvalue weighted by molar-refractivity contribution is 0.145. The van der Waals surface area contributed by atoms with Gasteiger partial charge in [-0.3, -0.25) is 0 Å². The summed E-state index contributed by atoms with van der Waals surface area (Å²) in [7, 11) is 0. The molecule has 0 atom stereocenters. The Bertz CT molecular complexity index is 830. The van der Waals surface area contributed by atoms with Crippen molar-refractivity contribution in [2.24, 2.45) is 0 Å². The van der Waals surface area contributed by atoms with Crippen LogP contribution in [-0.2, 0) is 0 Å². The van der Waals surface area contributed by atoms with E-state index in [2.05, 4.69) is 38.1 Å². The van der Waals surface area contributed by atoms with Crippen LogP contribution in [0.15, 0.2) is 36.4 Å². The van der Waals surface area contributed by atoms with Crippen molar-refractivity contribution >= 4 is 29.3 Å². The van der Waals surface area contributed by atoms with Crippen LogP contribution in [0.4, 0.5) is 5.82 Å². The second-order valence-electron chi connectivity index (χ2n) is 6.12. The van der Waals surface area contributed by atoms with Crippen molar-refractivity contribution in [1.29, 1.82) is 0 Å². The third-order valence-electron chi connectivity index (χ3n) is 4.42. The van der Waals surface area contributed by atoms with E-state index in [1.807, 2.05) is 25.1 Å². The molecule has 0 spiro atoms. The van der Waals surface area contributed by atoms with Crippen molar-refractivity contribution in [3.8, 4) is 11.3 Å². The van der Waals surface area contributed by atoms with Gasteiger partial charge in [-0.05, 0) is 31.4 Å². The SMILES string of the molecule is Cc1nc(N2CCC(O)CC2)c2[nH]c(-c3ccccc3)cc2n1.Cl.O. The third-order valence-corrected chi connectivity index (χ3v) is 4.42. The zero-order valence-corrected chi connectivity index (χ0v) is 14.9. The Balaban J connectivity index is 0.00000113. The Hall–Kier alpha value is -2.15. The lowest BCUT2D eigenvalue weighted by atomic mass is 10.1. The number of nitrogens with one attached hydrogen (secondary N) is 1. The minimum Gasteiger partial charge on any atom is -0.412 e. The number of aromatic amines is 1. The molecule has 1 aliphatic rings. The number of benzene rings is 1. The quantitative estimate of drug-likeness (QED) is 0.731. The van der Waals surface area contributed by atoms with E-state index in [0.29, 0.717) is 0 Å². The molecule has 134 valence electrons. The summed E-state index contributed by atoms with van der Waals surface area (Å²) in [6.07, 6.45) is 1.39. The number of rotatable bonds is 2. The van der Waals surface area contributed by atoms with E-state index in [0.717, 1.165) is 59.9 Å². The number of aromatic nitrogens is 3. The van der Waals surface area contributed by atoms with Crippen LogP contribution in [0.1, 0.15) is 18.7 Å². The van der Waals surface area contributed by atoms with E-state index in [1.165, 1.54) is 0 Å². The second kappa shape index (κ2) is 7.82. The average Bonchev–Trinajstić information content (AvgIpc) is 2.99. The number of aliphatic hydroxyl groups is 1. The molecule has 3 aromatic rings.